The third kappa shape index (κ3) is 3.84. The second-order valence-electron chi connectivity index (χ2n) is 4.57. The molecule has 1 unspecified atom stereocenters. The molecule has 0 amide bonds. The minimum Gasteiger partial charge on any atom is -0.306 e. The Balaban J connectivity index is 2.42. The van der Waals surface area contributed by atoms with E-state index in [1.165, 1.54) is 18.2 Å². The summed E-state index contributed by atoms with van der Waals surface area (Å²) in [5.41, 5.74) is 1.01. The molecule has 22 heavy (non-hydrogen) atoms. The molecule has 2 rings (SSSR count). The third-order valence-corrected chi connectivity index (χ3v) is 3.68. The van der Waals surface area contributed by atoms with E-state index >= 15 is 0 Å². The van der Waals surface area contributed by atoms with Crippen molar-refractivity contribution in [2.75, 3.05) is 5.75 Å². The number of nitro benzene ring substituents is 1. The number of carbonyl (C=O) groups is 1. The van der Waals surface area contributed by atoms with Crippen molar-refractivity contribution in [2.45, 2.75) is 6.42 Å². The van der Waals surface area contributed by atoms with Crippen LogP contribution in [0.25, 0.3) is 0 Å². The van der Waals surface area contributed by atoms with Gasteiger partial charge in [-0.1, -0.05) is 30.3 Å². The van der Waals surface area contributed by atoms with E-state index in [0.29, 0.717) is 16.7 Å². The van der Waals surface area contributed by atoms with Crippen molar-refractivity contribution in [3.05, 3.63) is 75.3 Å². The summed E-state index contributed by atoms with van der Waals surface area (Å²) >= 11 is -2.03. The summed E-state index contributed by atoms with van der Waals surface area (Å²) in [6.07, 6.45) is 0.110. The van der Waals surface area contributed by atoms with E-state index in [-0.39, 0.29) is 23.6 Å². The highest BCUT2D eigenvalue weighted by Crippen LogP contribution is 2.21. The number of aryl methyl sites for hydroxylation is 1. The first-order valence-electron chi connectivity index (χ1n) is 6.43. The van der Waals surface area contributed by atoms with Gasteiger partial charge >= 0.3 is 0 Å². The third-order valence-electron chi connectivity index (χ3n) is 3.13. The highest BCUT2D eigenvalue weighted by molar-refractivity contribution is 7.79. The van der Waals surface area contributed by atoms with Crippen LogP contribution >= 0.6 is 0 Å². The molecule has 0 bridgehead atoms. The van der Waals surface area contributed by atoms with Crippen molar-refractivity contribution in [1.82, 2.24) is 0 Å². The minimum absolute atomic E-state index is 0.0871. The Kier molecular flexibility index (Phi) is 5.13. The fourth-order valence-electron chi connectivity index (χ4n) is 2.06. The Morgan fingerprint density at radius 2 is 1.86 bits per heavy atom. The molecule has 1 N–H and O–H groups in total. The van der Waals surface area contributed by atoms with Crippen LogP contribution in [0.15, 0.2) is 48.5 Å². The van der Waals surface area contributed by atoms with Crippen molar-refractivity contribution >= 4 is 22.6 Å². The average molecular weight is 319 g/mol. The Labute approximate surface area is 129 Å². The molecule has 0 radical (unpaired) electrons. The summed E-state index contributed by atoms with van der Waals surface area (Å²) in [6, 6.07) is 12.5. The van der Waals surface area contributed by atoms with E-state index < -0.39 is 16.0 Å². The number of rotatable bonds is 6. The molecule has 6 nitrogen and oxygen atoms in total. The lowest BCUT2D eigenvalue weighted by molar-refractivity contribution is -0.384. The number of nitro groups is 1. The maximum atomic E-state index is 12.5. The van der Waals surface area contributed by atoms with Gasteiger partial charge in [0.25, 0.3) is 5.69 Å². The lowest BCUT2D eigenvalue weighted by Crippen LogP contribution is -2.09. The monoisotopic (exact) mass is 319 g/mol. The van der Waals surface area contributed by atoms with Crippen LogP contribution in [-0.4, -0.2) is 25.2 Å². The number of benzene rings is 2. The van der Waals surface area contributed by atoms with Gasteiger partial charge in [0, 0.05) is 23.3 Å². The number of hydrogen-bond acceptors (Lipinski definition) is 4. The largest absolute Gasteiger partial charge is 0.306 e. The van der Waals surface area contributed by atoms with Gasteiger partial charge in [-0.3, -0.25) is 14.9 Å². The van der Waals surface area contributed by atoms with Crippen LogP contribution in [0, 0.1) is 10.1 Å². The van der Waals surface area contributed by atoms with Gasteiger partial charge in [0.2, 0.25) is 0 Å². The second kappa shape index (κ2) is 7.06. The maximum Gasteiger partial charge on any atom is 0.269 e. The molecule has 0 fully saturated rings. The van der Waals surface area contributed by atoms with Gasteiger partial charge in [0.15, 0.2) is 16.9 Å². The molecule has 2 aromatic rings. The zero-order valence-corrected chi connectivity index (χ0v) is 12.3. The molecular formula is C15H13NO5S. The molecule has 0 saturated heterocycles. The van der Waals surface area contributed by atoms with Crippen molar-refractivity contribution in [3.8, 4) is 0 Å². The Hall–Kier alpha value is -2.38. The zero-order valence-electron chi connectivity index (χ0n) is 11.5. The summed E-state index contributed by atoms with van der Waals surface area (Å²) in [7, 11) is 0. The summed E-state index contributed by atoms with van der Waals surface area (Å²) in [5, 5.41) is 10.9. The predicted octanol–water partition coefficient (Wildman–Crippen LogP) is 2.59. The lowest BCUT2D eigenvalue weighted by atomic mass is 9.96. The SMILES string of the molecule is O=C(c1ccccc1)c1ccc([N+](=O)[O-])cc1CCS(=O)O. The van der Waals surface area contributed by atoms with Crippen molar-refractivity contribution in [3.63, 3.8) is 0 Å². The lowest BCUT2D eigenvalue weighted by Gasteiger charge is -2.08. The van der Waals surface area contributed by atoms with E-state index in [1.54, 1.807) is 30.3 Å². The van der Waals surface area contributed by atoms with Crippen LogP contribution in [0.5, 0.6) is 0 Å². The molecule has 1 atom stereocenters. The van der Waals surface area contributed by atoms with Gasteiger partial charge in [-0.05, 0) is 18.1 Å². The molecule has 7 heteroatoms. The van der Waals surface area contributed by atoms with Crippen molar-refractivity contribution in [1.29, 1.82) is 0 Å². The first-order valence-corrected chi connectivity index (χ1v) is 7.71. The standard InChI is InChI=1S/C15H13NO5S/c17-15(11-4-2-1-3-5-11)14-7-6-13(16(18)19)10-12(14)8-9-22(20)21/h1-7,10H,8-9H2,(H,20,21). The van der Waals surface area contributed by atoms with Gasteiger partial charge in [0.1, 0.15) is 0 Å². The molecule has 0 aliphatic rings. The van der Waals surface area contributed by atoms with Crippen LogP contribution in [0.3, 0.4) is 0 Å². The normalized spacial score (nSPS) is 11.9. The van der Waals surface area contributed by atoms with Crippen LogP contribution in [0.2, 0.25) is 0 Å². The Morgan fingerprint density at radius 1 is 1.18 bits per heavy atom. The topological polar surface area (TPSA) is 97.5 Å². The first kappa shape index (κ1) is 16.0. The van der Waals surface area contributed by atoms with Gasteiger partial charge in [-0.25, -0.2) is 4.21 Å². The van der Waals surface area contributed by atoms with Gasteiger partial charge in [0.05, 0.1) is 10.7 Å². The minimum atomic E-state index is -2.03. The first-order chi connectivity index (χ1) is 10.5. The second-order valence-corrected chi connectivity index (χ2v) is 5.62. The fourth-order valence-corrected chi connectivity index (χ4v) is 2.46. The predicted molar refractivity (Wildman–Crippen MR) is 82.3 cm³/mol. The number of carbonyl (C=O) groups excluding carboxylic acids is 1. The number of non-ortho nitro benzene ring substituents is 1. The van der Waals surface area contributed by atoms with Crippen molar-refractivity contribution in [2.24, 2.45) is 0 Å². The summed E-state index contributed by atoms with van der Waals surface area (Å²) < 4.78 is 19.7. The van der Waals surface area contributed by atoms with Crippen LogP contribution in [0.1, 0.15) is 21.5 Å². The molecule has 0 heterocycles. The highest BCUT2D eigenvalue weighted by atomic mass is 32.2. The van der Waals surface area contributed by atoms with Crippen LogP contribution in [-0.2, 0) is 17.5 Å². The quantitative estimate of drug-likeness (QED) is 0.382. The Bertz CT molecular complexity index is 730. The van der Waals surface area contributed by atoms with E-state index in [2.05, 4.69) is 0 Å². The van der Waals surface area contributed by atoms with Crippen molar-refractivity contribution < 1.29 is 18.5 Å². The molecule has 2 aromatic carbocycles. The fraction of sp³-hybridized carbons (Fsp3) is 0.133. The van der Waals surface area contributed by atoms with E-state index in [0.717, 1.165) is 0 Å². The number of ketones is 1. The van der Waals surface area contributed by atoms with Gasteiger partial charge < -0.3 is 4.55 Å². The number of hydrogen-bond donors (Lipinski definition) is 1. The highest BCUT2D eigenvalue weighted by Gasteiger charge is 2.17. The van der Waals surface area contributed by atoms with Crippen LogP contribution < -0.4 is 0 Å². The van der Waals surface area contributed by atoms with E-state index in [9.17, 15) is 19.1 Å². The van der Waals surface area contributed by atoms with Gasteiger partial charge in [-0.15, -0.1) is 0 Å². The molecular weight excluding hydrogens is 306 g/mol. The zero-order chi connectivity index (χ0) is 16.1. The molecule has 0 aliphatic carbocycles. The number of nitrogens with zero attached hydrogens (tertiary/aromatic N) is 1. The summed E-state index contributed by atoms with van der Waals surface area (Å²) in [4.78, 5) is 22.8. The smallest absolute Gasteiger partial charge is 0.269 e. The molecule has 0 aromatic heterocycles. The average Bonchev–Trinajstić information content (AvgIpc) is 2.52. The molecule has 0 saturated carbocycles. The molecule has 0 aliphatic heterocycles. The molecule has 0 spiro atoms. The van der Waals surface area contributed by atoms with Gasteiger partial charge in [-0.2, -0.15) is 0 Å². The Morgan fingerprint density at radius 3 is 2.45 bits per heavy atom. The van der Waals surface area contributed by atoms with Crippen LogP contribution in [0.4, 0.5) is 5.69 Å². The maximum absolute atomic E-state index is 12.5. The van der Waals surface area contributed by atoms with E-state index in [1.807, 2.05) is 0 Å². The van der Waals surface area contributed by atoms with E-state index in [4.69, 9.17) is 4.55 Å². The summed E-state index contributed by atoms with van der Waals surface area (Å²) in [6.45, 7) is 0. The molecule has 114 valence electrons. The summed E-state index contributed by atoms with van der Waals surface area (Å²) in [5.74, 6) is -0.356.